The predicted molar refractivity (Wildman–Crippen MR) is 124 cm³/mol. The first-order valence-corrected chi connectivity index (χ1v) is 10.8. The minimum absolute atomic E-state index is 0.744. The lowest BCUT2D eigenvalue weighted by atomic mass is 10.0. The van der Waals surface area contributed by atoms with Gasteiger partial charge >= 0.3 is 0 Å². The molecule has 0 spiro atoms. The van der Waals surface area contributed by atoms with Crippen molar-refractivity contribution in [3.05, 3.63) is 77.4 Å². The molecular formula is C28H32O. The van der Waals surface area contributed by atoms with E-state index in [1.165, 1.54) is 44.1 Å². The van der Waals surface area contributed by atoms with Crippen molar-refractivity contribution in [2.45, 2.75) is 58.8 Å². The SMILES string of the molecule is CCCCCCCc1ccc(C#CC=CC#Cc2ccc(OCCC)cc2)cc1. The van der Waals surface area contributed by atoms with Crippen molar-refractivity contribution < 1.29 is 4.74 Å². The Bertz CT molecular complexity index is 849. The van der Waals surface area contributed by atoms with E-state index in [-0.39, 0.29) is 0 Å². The third-order valence-electron chi connectivity index (χ3n) is 4.53. The first-order valence-electron chi connectivity index (χ1n) is 10.8. The Hall–Kier alpha value is -2.90. The van der Waals surface area contributed by atoms with Crippen LogP contribution in [-0.2, 0) is 6.42 Å². The van der Waals surface area contributed by atoms with Gasteiger partial charge in [0.25, 0.3) is 0 Å². The fraction of sp³-hybridized carbons (Fsp3) is 0.357. The van der Waals surface area contributed by atoms with Gasteiger partial charge in [-0.2, -0.15) is 0 Å². The van der Waals surface area contributed by atoms with Gasteiger partial charge in [-0.3, -0.25) is 0 Å². The molecule has 0 heterocycles. The number of aryl methyl sites for hydroxylation is 1. The summed E-state index contributed by atoms with van der Waals surface area (Å²) in [5, 5.41) is 0. The van der Waals surface area contributed by atoms with E-state index >= 15 is 0 Å². The lowest BCUT2D eigenvalue weighted by Crippen LogP contribution is -1.94. The molecule has 0 saturated heterocycles. The molecule has 0 unspecified atom stereocenters. The first kappa shape index (κ1) is 22.4. The maximum atomic E-state index is 5.57. The summed E-state index contributed by atoms with van der Waals surface area (Å²) in [6.07, 6.45) is 12.4. The van der Waals surface area contributed by atoms with Gasteiger partial charge in [-0.05, 0) is 73.4 Å². The summed E-state index contributed by atoms with van der Waals surface area (Å²) in [6, 6.07) is 16.5. The summed E-state index contributed by atoms with van der Waals surface area (Å²) in [6.45, 7) is 5.10. The summed E-state index contributed by atoms with van der Waals surface area (Å²) in [5.74, 6) is 13.2. The van der Waals surface area contributed by atoms with Crippen LogP contribution in [0.2, 0.25) is 0 Å². The Morgan fingerprint density at radius 2 is 1.28 bits per heavy atom. The molecule has 0 aliphatic carbocycles. The van der Waals surface area contributed by atoms with Crippen molar-refractivity contribution >= 4 is 0 Å². The zero-order chi connectivity index (χ0) is 20.6. The summed E-state index contributed by atoms with van der Waals surface area (Å²) in [4.78, 5) is 0. The maximum absolute atomic E-state index is 5.57. The Morgan fingerprint density at radius 3 is 1.86 bits per heavy atom. The molecule has 1 nitrogen and oxygen atoms in total. The molecule has 2 rings (SSSR count). The quantitative estimate of drug-likeness (QED) is 0.336. The van der Waals surface area contributed by atoms with Gasteiger partial charge in [-0.1, -0.05) is 75.3 Å². The summed E-state index contributed by atoms with van der Waals surface area (Å²) >= 11 is 0. The number of benzene rings is 2. The topological polar surface area (TPSA) is 9.23 Å². The molecule has 150 valence electrons. The molecule has 0 aliphatic rings. The number of unbranched alkanes of at least 4 members (excludes halogenated alkanes) is 4. The average molecular weight is 385 g/mol. The highest BCUT2D eigenvalue weighted by Gasteiger charge is 1.94. The second-order valence-electron chi connectivity index (χ2n) is 7.11. The molecule has 0 bridgehead atoms. The van der Waals surface area contributed by atoms with Crippen molar-refractivity contribution in [3.63, 3.8) is 0 Å². The molecule has 0 radical (unpaired) electrons. The van der Waals surface area contributed by atoms with E-state index in [1.54, 1.807) is 12.2 Å². The van der Waals surface area contributed by atoms with E-state index in [4.69, 9.17) is 4.74 Å². The molecule has 1 heteroatoms. The lowest BCUT2D eigenvalue weighted by Gasteiger charge is -2.03. The Labute approximate surface area is 177 Å². The minimum Gasteiger partial charge on any atom is -0.494 e. The third kappa shape index (κ3) is 9.73. The van der Waals surface area contributed by atoms with E-state index in [2.05, 4.69) is 61.8 Å². The van der Waals surface area contributed by atoms with Crippen LogP contribution in [-0.4, -0.2) is 6.61 Å². The molecule has 0 aromatic heterocycles. The number of hydrogen-bond acceptors (Lipinski definition) is 1. The smallest absolute Gasteiger partial charge is 0.119 e. The summed E-state index contributed by atoms with van der Waals surface area (Å²) in [5.41, 5.74) is 3.41. The predicted octanol–water partition coefficient (Wildman–Crippen LogP) is 6.95. The fourth-order valence-corrected chi connectivity index (χ4v) is 2.88. The Balaban J connectivity index is 1.76. The van der Waals surface area contributed by atoms with Crippen molar-refractivity contribution in [1.82, 2.24) is 0 Å². The average Bonchev–Trinajstić information content (AvgIpc) is 2.76. The number of hydrogen-bond donors (Lipinski definition) is 0. The summed E-state index contributed by atoms with van der Waals surface area (Å²) < 4.78 is 5.57. The van der Waals surface area contributed by atoms with Crippen LogP contribution in [0.5, 0.6) is 5.75 Å². The van der Waals surface area contributed by atoms with Crippen molar-refractivity contribution in [1.29, 1.82) is 0 Å². The highest BCUT2D eigenvalue weighted by molar-refractivity contribution is 5.42. The number of rotatable bonds is 9. The monoisotopic (exact) mass is 384 g/mol. The van der Waals surface area contributed by atoms with Crippen LogP contribution in [0.25, 0.3) is 0 Å². The maximum Gasteiger partial charge on any atom is 0.119 e. The van der Waals surface area contributed by atoms with Crippen LogP contribution in [0.4, 0.5) is 0 Å². The van der Waals surface area contributed by atoms with Gasteiger partial charge in [0, 0.05) is 11.1 Å². The summed E-state index contributed by atoms with van der Waals surface area (Å²) in [7, 11) is 0. The largest absolute Gasteiger partial charge is 0.494 e. The van der Waals surface area contributed by atoms with Gasteiger partial charge in [-0.25, -0.2) is 0 Å². The van der Waals surface area contributed by atoms with E-state index in [9.17, 15) is 0 Å². The van der Waals surface area contributed by atoms with E-state index in [0.29, 0.717) is 0 Å². The van der Waals surface area contributed by atoms with Gasteiger partial charge < -0.3 is 4.74 Å². The van der Waals surface area contributed by atoms with Crippen molar-refractivity contribution in [2.24, 2.45) is 0 Å². The standard InChI is InChI=1S/C28H32O/c1-3-5-6-7-10-13-25-16-18-26(19-17-25)14-11-8-9-12-15-27-20-22-28(23-21-27)29-24-4-2/h8-9,16-23H,3-7,10,13,24H2,1-2H3. The van der Waals surface area contributed by atoms with Crippen LogP contribution in [0.15, 0.2) is 60.7 Å². The third-order valence-corrected chi connectivity index (χ3v) is 4.53. The van der Waals surface area contributed by atoms with Crippen LogP contribution < -0.4 is 4.74 Å². The van der Waals surface area contributed by atoms with Gasteiger partial charge in [0.15, 0.2) is 0 Å². The molecule has 0 atom stereocenters. The zero-order valence-electron chi connectivity index (χ0n) is 17.8. The number of ether oxygens (including phenoxy) is 1. The molecule has 0 amide bonds. The zero-order valence-corrected chi connectivity index (χ0v) is 17.8. The molecule has 0 N–H and O–H groups in total. The lowest BCUT2D eigenvalue weighted by molar-refractivity contribution is 0.317. The van der Waals surface area contributed by atoms with Gasteiger partial charge in [0.05, 0.1) is 6.61 Å². The van der Waals surface area contributed by atoms with Crippen LogP contribution in [0.3, 0.4) is 0 Å². The molecular weight excluding hydrogens is 352 g/mol. The molecule has 2 aromatic rings. The number of allylic oxidation sites excluding steroid dienone is 2. The normalized spacial score (nSPS) is 10.1. The molecule has 0 fully saturated rings. The van der Waals surface area contributed by atoms with Gasteiger partial charge in [0.1, 0.15) is 5.75 Å². The highest BCUT2D eigenvalue weighted by atomic mass is 16.5. The molecule has 2 aromatic carbocycles. The Morgan fingerprint density at radius 1 is 0.690 bits per heavy atom. The molecule has 29 heavy (non-hydrogen) atoms. The second kappa shape index (κ2) is 14.1. The second-order valence-corrected chi connectivity index (χ2v) is 7.11. The highest BCUT2D eigenvalue weighted by Crippen LogP contribution is 2.12. The van der Waals surface area contributed by atoms with Crippen LogP contribution in [0, 0.1) is 23.7 Å². The minimum atomic E-state index is 0.744. The Kier molecular flexibility index (Phi) is 10.9. The van der Waals surface area contributed by atoms with Crippen LogP contribution >= 0.6 is 0 Å². The van der Waals surface area contributed by atoms with Gasteiger partial charge in [0.2, 0.25) is 0 Å². The molecule has 0 aliphatic heterocycles. The van der Waals surface area contributed by atoms with Crippen molar-refractivity contribution in [3.8, 4) is 29.4 Å². The fourth-order valence-electron chi connectivity index (χ4n) is 2.88. The van der Waals surface area contributed by atoms with E-state index in [0.717, 1.165) is 29.9 Å². The van der Waals surface area contributed by atoms with Crippen LogP contribution in [0.1, 0.15) is 69.1 Å². The first-order chi connectivity index (χ1) is 14.3. The van der Waals surface area contributed by atoms with Gasteiger partial charge in [-0.15, -0.1) is 0 Å². The van der Waals surface area contributed by atoms with E-state index < -0.39 is 0 Å². The van der Waals surface area contributed by atoms with Crippen molar-refractivity contribution in [2.75, 3.05) is 6.61 Å². The van der Waals surface area contributed by atoms with E-state index in [1.807, 2.05) is 24.3 Å². The molecule has 0 saturated carbocycles.